The molecule has 0 aromatic heterocycles. The molecule has 11 heteroatoms. The molecule has 0 heterocycles. The summed E-state index contributed by atoms with van der Waals surface area (Å²) in [7, 11) is 0. The fourth-order valence-corrected chi connectivity index (χ4v) is 4.75. The Morgan fingerprint density at radius 1 is 0.977 bits per heavy atom. The molecular formula is C32H25ClIN3O6. The Hall–Kier alpha value is -4.60. The summed E-state index contributed by atoms with van der Waals surface area (Å²) in [5.74, 6) is 0.982. The van der Waals surface area contributed by atoms with Crippen LogP contribution in [0.2, 0.25) is 5.02 Å². The minimum Gasteiger partial charge on any atom is -0.490 e. The summed E-state index contributed by atoms with van der Waals surface area (Å²) in [6.45, 7) is 2.73. The molecule has 0 aliphatic heterocycles. The van der Waals surface area contributed by atoms with Crippen molar-refractivity contribution in [3.63, 3.8) is 0 Å². The molecule has 1 N–H and O–H groups in total. The highest BCUT2D eigenvalue weighted by Gasteiger charge is 2.15. The van der Waals surface area contributed by atoms with Crippen LogP contribution in [0.5, 0.6) is 17.2 Å². The normalized spacial score (nSPS) is 10.9. The van der Waals surface area contributed by atoms with Gasteiger partial charge in [-0.25, -0.2) is 0 Å². The van der Waals surface area contributed by atoms with Gasteiger partial charge in [0.25, 0.3) is 11.6 Å². The van der Waals surface area contributed by atoms with Crippen molar-refractivity contribution in [1.29, 1.82) is 5.26 Å². The van der Waals surface area contributed by atoms with Crippen molar-refractivity contribution < 1.29 is 23.9 Å². The number of benzene rings is 4. The Balaban J connectivity index is 1.43. The molecule has 0 aliphatic rings. The number of carbonyl (C=O) groups excluding carboxylic acids is 1. The van der Waals surface area contributed by atoms with Gasteiger partial charge in [0.05, 0.1) is 15.1 Å². The van der Waals surface area contributed by atoms with Crippen LogP contribution < -0.4 is 19.5 Å². The number of ether oxygens (including phenoxy) is 3. The number of rotatable bonds is 12. The van der Waals surface area contributed by atoms with E-state index >= 15 is 0 Å². The Labute approximate surface area is 266 Å². The number of nitrogens with one attached hydrogen (secondary N) is 1. The van der Waals surface area contributed by atoms with Crippen LogP contribution in [-0.4, -0.2) is 17.4 Å². The second kappa shape index (κ2) is 15.0. The van der Waals surface area contributed by atoms with Gasteiger partial charge in [-0.1, -0.05) is 23.7 Å². The molecule has 43 heavy (non-hydrogen) atoms. The van der Waals surface area contributed by atoms with Crippen molar-refractivity contribution >= 4 is 57.5 Å². The maximum absolute atomic E-state index is 12.9. The van der Waals surface area contributed by atoms with Crippen LogP contribution in [0.15, 0.2) is 90.5 Å². The topological polar surface area (TPSA) is 124 Å². The lowest BCUT2D eigenvalue weighted by Crippen LogP contribution is -2.13. The number of hydrogen-bond acceptors (Lipinski definition) is 7. The van der Waals surface area contributed by atoms with Gasteiger partial charge < -0.3 is 19.5 Å². The minimum absolute atomic E-state index is 0.00178. The second-order valence-electron chi connectivity index (χ2n) is 9.04. The Bertz CT molecular complexity index is 1670. The molecule has 0 saturated heterocycles. The number of carbonyl (C=O) groups is 1. The second-order valence-corrected chi connectivity index (χ2v) is 10.6. The third-order valence-electron chi connectivity index (χ3n) is 5.97. The Morgan fingerprint density at radius 2 is 1.60 bits per heavy atom. The predicted molar refractivity (Wildman–Crippen MR) is 172 cm³/mol. The molecule has 0 bridgehead atoms. The van der Waals surface area contributed by atoms with Crippen LogP contribution in [-0.2, 0) is 18.0 Å². The lowest BCUT2D eigenvalue weighted by molar-refractivity contribution is -0.384. The molecule has 4 aromatic rings. The number of hydrogen-bond donors (Lipinski definition) is 1. The van der Waals surface area contributed by atoms with E-state index in [4.69, 9.17) is 25.8 Å². The molecule has 1 amide bonds. The van der Waals surface area contributed by atoms with Gasteiger partial charge in [0.1, 0.15) is 30.6 Å². The summed E-state index contributed by atoms with van der Waals surface area (Å²) in [5.41, 5.74) is 2.70. The highest BCUT2D eigenvalue weighted by atomic mass is 127. The number of anilines is 1. The smallest absolute Gasteiger partial charge is 0.269 e. The first kappa shape index (κ1) is 31.3. The molecule has 0 atom stereocenters. The van der Waals surface area contributed by atoms with Crippen LogP contribution >= 0.6 is 34.2 Å². The summed E-state index contributed by atoms with van der Waals surface area (Å²) >= 11 is 8.01. The van der Waals surface area contributed by atoms with E-state index in [2.05, 4.69) is 27.9 Å². The number of non-ortho nitro benzene ring substituents is 1. The number of halogens is 2. The van der Waals surface area contributed by atoms with Gasteiger partial charge in [0.2, 0.25) is 0 Å². The van der Waals surface area contributed by atoms with Crippen molar-refractivity contribution in [3.05, 3.63) is 126 Å². The molecule has 0 aliphatic carbocycles. The van der Waals surface area contributed by atoms with E-state index in [-0.39, 0.29) is 17.9 Å². The maximum atomic E-state index is 12.9. The standard InChI is InChI=1S/C32H25ClIN3O6/c1-2-41-30-17-23(16-29(34)31(30)43-20-22-5-11-27(12-6-22)37(39)40)15-24(18-35)32(38)36-26-9-13-28(14-10-26)42-19-21-3-7-25(33)8-4-21/h3-17H,2,19-20H2,1H3,(H,36,38)/b24-15+. The van der Waals surface area contributed by atoms with Gasteiger partial charge in [-0.05, 0) is 113 Å². The van der Waals surface area contributed by atoms with Crippen molar-refractivity contribution in [2.24, 2.45) is 0 Å². The first-order valence-corrected chi connectivity index (χ1v) is 14.4. The fourth-order valence-electron chi connectivity index (χ4n) is 3.84. The van der Waals surface area contributed by atoms with E-state index in [1.54, 1.807) is 60.7 Å². The number of amides is 1. The highest BCUT2D eigenvalue weighted by molar-refractivity contribution is 14.1. The number of nitro benzene ring substituents is 1. The average Bonchev–Trinajstić information content (AvgIpc) is 3.00. The minimum atomic E-state index is -0.566. The zero-order valence-electron chi connectivity index (χ0n) is 22.9. The molecule has 4 rings (SSSR count). The van der Waals surface area contributed by atoms with Crippen LogP contribution in [0.25, 0.3) is 6.08 Å². The molecule has 218 valence electrons. The first-order chi connectivity index (χ1) is 20.7. The van der Waals surface area contributed by atoms with E-state index in [1.165, 1.54) is 18.2 Å². The zero-order valence-corrected chi connectivity index (χ0v) is 25.8. The highest BCUT2D eigenvalue weighted by Crippen LogP contribution is 2.35. The molecule has 0 saturated carbocycles. The van der Waals surface area contributed by atoms with Gasteiger partial charge in [-0.3, -0.25) is 14.9 Å². The first-order valence-electron chi connectivity index (χ1n) is 13.0. The molecule has 4 aromatic carbocycles. The van der Waals surface area contributed by atoms with E-state index in [9.17, 15) is 20.2 Å². The Morgan fingerprint density at radius 3 is 2.21 bits per heavy atom. The fraction of sp³-hybridized carbons (Fsp3) is 0.125. The van der Waals surface area contributed by atoms with E-state index in [0.717, 1.165) is 11.1 Å². The predicted octanol–water partition coefficient (Wildman–Crippen LogP) is 7.96. The van der Waals surface area contributed by atoms with Crippen LogP contribution in [0, 0.1) is 25.0 Å². The lowest BCUT2D eigenvalue weighted by Gasteiger charge is -2.15. The number of nitrogens with zero attached hydrogens (tertiary/aromatic N) is 2. The molecular weight excluding hydrogens is 685 g/mol. The van der Waals surface area contributed by atoms with Crippen molar-refractivity contribution in [3.8, 4) is 23.3 Å². The van der Waals surface area contributed by atoms with Gasteiger partial charge >= 0.3 is 0 Å². The van der Waals surface area contributed by atoms with Crippen molar-refractivity contribution in [2.45, 2.75) is 20.1 Å². The average molecular weight is 710 g/mol. The van der Waals surface area contributed by atoms with E-state index < -0.39 is 10.8 Å². The third-order valence-corrected chi connectivity index (χ3v) is 7.02. The quantitative estimate of drug-likeness (QED) is 0.0521. The summed E-state index contributed by atoms with van der Waals surface area (Å²) in [4.78, 5) is 23.4. The lowest BCUT2D eigenvalue weighted by atomic mass is 10.1. The summed E-state index contributed by atoms with van der Waals surface area (Å²) in [6, 6.07) is 25.7. The van der Waals surface area contributed by atoms with Gasteiger partial charge in [-0.2, -0.15) is 5.26 Å². The largest absolute Gasteiger partial charge is 0.490 e. The van der Waals surface area contributed by atoms with Crippen LogP contribution in [0.4, 0.5) is 11.4 Å². The van der Waals surface area contributed by atoms with E-state index in [0.29, 0.717) is 50.3 Å². The molecule has 0 fully saturated rings. The van der Waals surface area contributed by atoms with Crippen molar-refractivity contribution in [1.82, 2.24) is 0 Å². The molecule has 0 unspecified atom stereocenters. The van der Waals surface area contributed by atoms with Gasteiger partial charge in [0, 0.05) is 22.8 Å². The van der Waals surface area contributed by atoms with Crippen LogP contribution in [0.3, 0.4) is 0 Å². The summed E-state index contributed by atoms with van der Waals surface area (Å²) in [5, 5.41) is 24.0. The zero-order chi connectivity index (χ0) is 30.8. The summed E-state index contributed by atoms with van der Waals surface area (Å²) in [6.07, 6.45) is 1.48. The van der Waals surface area contributed by atoms with Gasteiger partial charge in [0.15, 0.2) is 11.5 Å². The van der Waals surface area contributed by atoms with E-state index in [1.807, 2.05) is 25.1 Å². The van der Waals surface area contributed by atoms with Gasteiger partial charge in [-0.15, -0.1) is 0 Å². The number of nitriles is 1. The number of nitro groups is 1. The maximum Gasteiger partial charge on any atom is 0.269 e. The molecule has 9 nitrogen and oxygen atoms in total. The SMILES string of the molecule is CCOc1cc(/C=C(\C#N)C(=O)Nc2ccc(OCc3ccc(Cl)cc3)cc2)cc(I)c1OCc1ccc([N+](=O)[O-])cc1. The third kappa shape index (κ3) is 8.94. The molecule has 0 radical (unpaired) electrons. The van der Waals surface area contributed by atoms with Crippen LogP contribution in [0.1, 0.15) is 23.6 Å². The van der Waals surface area contributed by atoms with Crippen molar-refractivity contribution in [2.75, 3.05) is 11.9 Å². The summed E-state index contributed by atoms with van der Waals surface area (Å²) < 4.78 is 18.3. The molecule has 0 spiro atoms. The monoisotopic (exact) mass is 709 g/mol. The Kier molecular flexibility index (Phi) is 11.0.